The van der Waals surface area contributed by atoms with Crippen LogP contribution in [0.2, 0.25) is 0 Å². The van der Waals surface area contributed by atoms with E-state index >= 15 is 0 Å². The Labute approximate surface area is 104 Å². The van der Waals surface area contributed by atoms with Gasteiger partial charge in [-0.25, -0.2) is 4.79 Å². The molecule has 0 saturated heterocycles. The minimum atomic E-state index is -1.08. The molecule has 0 spiro atoms. The fourth-order valence-corrected chi connectivity index (χ4v) is 1.38. The van der Waals surface area contributed by atoms with Crippen molar-refractivity contribution in [1.82, 2.24) is 5.32 Å². The molecule has 0 atom stereocenters. The maximum Gasteiger partial charge on any atom is 0.372 e. The summed E-state index contributed by atoms with van der Waals surface area (Å²) < 4.78 is 10.1. The number of carboxylic acids is 1. The summed E-state index contributed by atoms with van der Waals surface area (Å²) in [5, 5.41) is 11.8. The van der Waals surface area contributed by atoms with E-state index in [9.17, 15) is 9.59 Å². The number of amides is 1. The van der Waals surface area contributed by atoms with E-state index in [1.54, 1.807) is 13.0 Å². The predicted molar refractivity (Wildman–Crippen MR) is 62.1 cm³/mol. The Kier molecular flexibility index (Phi) is 5.34. The number of nitrogens with two attached hydrogens (primary N) is 1. The van der Waals surface area contributed by atoms with E-state index in [0.29, 0.717) is 31.0 Å². The number of aromatic carboxylic acids is 1. The first-order valence-corrected chi connectivity index (χ1v) is 5.40. The Balaban J connectivity index is 2.25. The molecule has 1 rings (SSSR count). The second-order valence-electron chi connectivity index (χ2n) is 3.73. The minimum absolute atomic E-state index is 0.0446. The van der Waals surface area contributed by atoms with E-state index in [1.807, 2.05) is 0 Å². The van der Waals surface area contributed by atoms with Crippen LogP contribution in [0, 0.1) is 6.92 Å². The van der Waals surface area contributed by atoms with Crippen molar-refractivity contribution >= 4 is 11.9 Å². The number of ether oxygens (including phenoxy) is 1. The molecule has 0 radical (unpaired) electrons. The average Bonchev–Trinajstić information content (AvgIpc) is 2.64. The van der Waals surface area contributed by atoms with Gasteiger partial charge in [0, 0.05) is 12.1 Å². The molecule has 7 nitrogen and oxygen atoms in total. The number of furan rings is 1. The first-order chi connectivity index (χ1) is 8.50. The summed E-state index contributed by atoms with van der Waals surface area (Å²) in [4.78, 5) is 21.1. The van der Waals surface area contributed by atoms with Crippen molar-refractivity contribution in [3.63, 3.8) is 0 Å². The highest BCUT2D eigenvalue weighted by molar-refractivity contribution is 5.86. The smallest absolute Gasteiger partial charge is 0.372 e. The Bertz CT molecular complexity index is 427. The van der Waals surface area contributed by atoms with Crippen LogP contribution in [0.25, 0.3) is 0 Å². The van der Waals surface area contributed by atoms with Crippen molar-refractivity contribution in [2.45, 2.75) is 13.5 Å². The van der Waals surface area contributed by atoms with Gasteiger partial charge in [-0.3, -0.25) is 4.79 Å². The van der Waals surface area contributed by atoms with Gasteiger partial charge in [0.05, 0.1) is 13.2 Å². The molecule has 0 saturated carbocycles. The van der Waals surface area contributed by atoms with Crippen LogP contribution in [0.3, 0.4) is 0 Å². The predicted octanol–water partition coefficient (Wildman–Crippen LogP) is -0.122. The molecular weight excluding hydrogens is 240 g/mol. The number of carbonyl (C=O) groups excluding carboxylic acids is 1. The van der Waals surface area contributed by atoms with E-state index in [4.69, 9.17) is 20.0 Å². The van der Waals surface area contributed by atoms with E-state index in [2.05, 4.69) is 5.32 Å². The van der Waals surface area contributed by atoms with Gasteiger partial charge in [-0.2, -0.15) is 0 Å². The van der Waals surface area contributed by atoms with Crippen LogP contribution in [0.1, 0.15) is 21.9 Å². The highest BCUT2D eigenvalue weighted by atomic mass is 16.5. The van der Waals surface area contributed by atoms with Crippen molar-refractivity contribution in [3.8, 4) is 0 Å². The SMILES string of the molecule is Cc1cc(CNCCOCC(N)=O)oc1C(=O)O. The summed E-state index contributed by atoms with van der Waals surface area (Å²) in [5.74, 6) is -1.09. The molecule has 100 valence electrons. The third-order valence-electron chi connectivity index (χ3n) is 2.13. The zero-order valence-electron chi connectivity index (χ0n) is 10.1. The lowest BCUT2D eigenvalue weighted by atomic mass is 10.2. The first kappa shape index (κ1) is 14.2. The van der Waals surface area contributed by atoms with Crippen molar-refractivity contribution in [3.05, 3.63) is 23.2 Å². The normalized spacial score (nSPS) is 10.5. The van der Waals surface area contributed by atoms with E-state index in [1.165, 1.54) is 0 Å². The van der Waals surface area contributed by atoms with Crippen molar-refractivity contribution < 1.29 is 23.8 Å². The van der Waals surface area contributed by atoms with Gasteiger partial charge in [-0.1, -0.05) is 0 Å². The minimum Gasteiger partial charge on any atom is -0.475 e. The van der Waals surface area contributed by atoms with Gasteiger partial charge in [0.1, 0.15) is 12.4 Å². The maximum atomic E-state index is 10.7. The maximum absolute atomic E-state index is 10.7. The fourth-order valence-electron chi connectivity index (χ4n) is 1.38. The lowest BCUT2D eigenvalue weighted by Crippen LogP contribution is -2.23. The van der Waals surface area contributed by atoms with Gasteiger partial charge in [-0.05, 0) is 13.0 Å². The molecule has 0 aromatic carbocycles. The van der Waals surface area contributed by atoms with E-state index in [-0.39, 0.29) is 12.4 Å². The summed E-state index contributed by atoms with van der Waals surface area (Å²) in [6, 6.07) is 1.67. The molecule has 1 aromatic rings. The number of primary amides is 1. The van der Waals surface area contributed by atoms with Crippen molar-refractivity contribution in [2.75, 3.05) is 19.8 Å². The highest BCUT2D eigenvalue weighted by Crippen LogP contribution is 2.14. The molecule has 0 unspecified atom stereocenters. The summed E-state index contributed by atoms with van der Waals surface area (Å²) in [5.41, 5.74) is 5.48. The van der Waals surface area contributed by atoms with Crippen LogP contribution in [-0.2, 0) is 16.1 Å². The quantitative estimate of drug-likeness (QED) is 0.558. The number of nitrogens with one attached hydrogen (secondary N) is 1. The van der Waals surface area contributed by atoms with Gasteiger partial charge < -0.3 is 25.3 Å². The molecule has 4 N–H and O–H groups in total. The first-order valence-electron chi connectivity index (χ1n) is 5.40. The monoisotopic (exact) mass is 256 g/mol. The Morgan fingerprint density at radius 2 is 2.28 bits per heavy atom. The van der Waals surface area contributed by atoms with Crippen molar-refractivity contribution in [2.24, 2.45) is 5.73 Å². The number of hydrogen-bond acceptors (Lipinski definition) is 5. The highest BCUT2D eigenvalue weighted by Gasteiger charge is 2.13. The van der Waals surface area contributed by atoms with Crippen LogP contribution in [0.5, 0.6) is 0 Å². The van der Waals surface area contributed by atoms with E-state index in [0.717, 1.165) is 0 Å². The Morgan fingerprint density at radius 3 is 2.83 bits per heavy atom. The molecule has 18 heavy (non-hydrogen) atoms. The van der Waals surface area contributed by atoms with Crippen LogP contribution in [0.15, 0.2) is 10.5 Å². The number of carbonyl (C=O) groups is 2. The van der Waals surface area contributed by atoms with Gasteiger partial charge in [0.25, 0.3) is 0 Å². The van der Waals surface area contributed by atoms with Crippen LogP contribution in [0.4, 0.5) is 0 Å². The molecule has 0 aliphatic carbocycles. The molecule has 1 aromatic heterocycles. The molecule has 1 amide bonds. The lowest BCUT2D eigenvalue weighted by Gasteiger charge is -2.02. The molecule has 0 bridgehead atoms. The van der Waals surface area contributed by atoms with Crippen LogP contribution < -0.4 is 11.1 Å². The molecular formula is C11H16N2O5. The molecule has 0 aliphatic rings. The number of carboxylic acid groups (broad SMARTS) is 1. The second kappa shape index (κ2) is 6.77. The average molecular weight is 256 g/mol. The Hall–Kier alpha value is -1.86. The molecule has 7 heteroatoms. The zero-order valence-corrected chi connectivity index (χ0v) is 10.1. The second-order valence-corrected chi connectivity index (χ2v) is 3.73. The van der Waals surface area contributed by atoms with Crippen LogP contribution >= 0.6 is 0 Å². The van der Waals surface area contributed by atoms with E-state index < -0.39 is 11.9 Å². The third-order valence-corrected chi connectivity index (χ3v) is 2.13. The summed E-state index contributed by atoms with van der Waals surface area (Å²) >= 11 is 0. The lowest BCUT2D eigenvalue weighted by molar-refractivity contribution is -0.122. The van der Waals surface area contributed by atoms with Gasteiger partial charge in [0.2, 0.25) is 11.7 Å². The van der Waals surface area contributed by atoms with Crippen molar-refractivity contribution in [1.29, 1.82) is 0 Å². The summed E-state index contributed by atoms with van der Waals surface area (Å²) in [7, 11) is 0. The third kappa shape index (κ3) is 4.56. The number of rotatable bonds is 8. The number of aryl methyl sites for hydroxylation is 1. The molecule has 0 fully saturated rings. The van der Waals surface area contributed by atoms with Crippen LogP contribution in [-0.4, -0.2) is 36.7 Å². The molecule has 0 aliphatic heterocycles. The van der Waals surface area contributed by atoms with Gasteiger partial charge in [-0.15, -0.1) is 0 Å². The Morgan fingerprint density at radius 1 is 1.56 bits per heavy atom. The van der Waals surface area contributed by atoms with Gasteiger partial charge in [0.15, 0.2) is 0 Å². The fraction of sp³-hybridized carbons (Fsp3) is 0.455. The van der Waals surface area contributed by atoms with Gasteiger partial charge >= 0.3 is 5.97 Å². The molecule has 1 heterocycles. The standard InChI is InChI=1S/C11H16N2O5/c1-7-4-8(18-10(7)11(15)16)5-13-2-3-17-6-9(12)14/h4,13H,2-3,5-6H2,1H3,(H2,12,14)(H,15,16). The largest absolute Gasteiger partial charge is 0.475 e. The summed E-state index contributed by atoms with van der Waals surface area (Å²) in [6.07, 6.45) is 0. The topological polar surface area (TPSA) is 115 Å². The summed E-state index contributed by atoms with van der Waals surface area (Å²) in [6.45, 7) is 2.81. The zero-order chi connectivity index (χ0) is 13.5. The number of hydrogen-bond donors (Lipinski definition) is 3.